The lowest BCUT2D eigenvalue weighted by Crippen LogP contribution is -2.36. The maximum Gasteiger partial charge on any atom is 0.255 e. The van der Waals surface area contributed by atoms with E-state index in [1.165, 1.54) is 0 Å². The first-order valence-corrected chi connectivity index (χ1v) is 7.77. The summed E-state index contributed by atoms with van der Waals surface area (Å²) in [5.41, 5.74) is 6.00. The van der Waals surface area contributed by atoms with Crippen LogP contribution in [0.3, 0.4) is 0 Å². The lowest BCUT2D eigenvalue weighted by molar-refractivity contribution is 0.0699. The third-order valence-corrected chi connectivity index (χ3v) is 3.96. The molecule has 0 heterocycles. The maximum atomic E-state index is 12.6. The third kappa shape index (κ3) is 5.64. The van der Waals surface area contributed by atoms with Gasteiger partial charge in [0, 0.05) is 35.6 Å². The summed E-state index contributed by atoms with van der Waals surface area (Å²) in [6.07, 6.45) is 0.289. The van der Waals surface area contributed by atoms with E-state index in [2.05, 4.69) is 37.0 Å². The van der Waals surface area contributed by atoms with Crippen LogP contribution in [0.25, 0.3) is 0 Å². The van der Waals surface area contributed by atoms with Gasteiger partial charge in [0.05, 0.1) is 12.2 Å². The fourth-order valence-corrected chi connectivity index (χ4v) is 2.42. The van der Waals surface area contributed by atoms with Crippen LogP contribution < -0.4 is 5.73 Å². The summed E-state index contributed by atoms with van der Waals surface area (Å²) in [7, 11) is 1.57. The van der Waals surface area contributed by atoms with Gasteiger partial charge in [-0.25, -0.2) is 0 Å². The molecule has 1 aromatic carbocycles. The van der Waals surface area contributed by atoms with Crippen molar-refractivity contribution in [1.82, 2.24) is 4.90 Å². The predicted octanol–water partition coefficient (Wildman–Crippen LogP) is 2.44. The fourth-order valence-electron chi connectivity index (χ4n) is 1.65. The van der Waals surface area contributed by atoms with Gasteiger partial charge in [0.2, 0.25) is 0 Å². The highest BCUT2D eigenvalue weighted by Gasteiger charge is 2.18. The van der Waals surface area contributed by atoms with Crippen LogP contribution in [-0.2, 0) is 4.74 Å². The van der Waals surface area contributed by atoms with Crippen LogP contribution in [0.5, 0.6) is 0 Å². The minimum Gasteiger partial charge on any atom is -0.409 e. The van der Waals surface area contributed by atoms with Crippen LogP contribution in [0.15, 0.2) is 32.3 Å². The zero-order chi connectivity index (χ0) is 15.8. The van der Waals surface area contributed by atoms with Crippen molar-refractivity contribution in [3.8, 4) is 0 Å². The van der Waals surface area contributed by atoms with Gasteiger partial charge in [-0.05, 0) is 34.1 Å². The second-order valence-electron chi connectivity index (χ2n) is 4.25. The van der Waals surface area contributed by atoms with Gasteiger partial charge in [-0.2, -0.15) is 0 Å². The molecule has 0 aliphatic heterocycles. The quantitative estimate of drug-likeness (QED) is 0.305. The first-order chi connectivity index (χ1) is 9.99. The van der Waals surface area contributed by atoms with Crippen LogP contribution in [0, 0.1) is 0 Å². The van der Waals surface area contributed by atoms with Gasteiger partial charge < -0.3 is 20.6 Å². The minimum atomic E-state index is -0.147. The number of rotatable bonds is 7. The van der Waals surface area contributed by atoms with Crippen molar-refractivity contribution >= 4 is 43.6 Å². The molecule has 0 fully saturated rings. The Morgan fingerprint density at radius 1 is 1.43 bits per heavy atom. The highest BCUT2D eigenvalue weighted by atomic mass is 79.9. The number of methoxy groups -OCH3 is 1. The summed E-state index contributed by atoms with van der Waals surface area (Å²) < 4.78 is 6.55. The number of halogens is 2. The van der Waals surface area contributed by atoms with Crippen molar-refractivity contribution < 1.29 is 14.7 Å². The number of oxime groups is 1. The first-order valence-electron chi connectivity index (χ1n) is 6.19. The van der Waals surface area contributed by atoms with Crippen molar-refractivity contribution in [3.63, 3.8) is 0 Å². The highest BCUT2D eigenvalue weighted by molar-refractivity contribution is 9.11. The fraction of sp³-hybridized carbons (Fsp3) is 0.385. The van der Waals surface area contributed by atoms with Gasteiger partial charge in [-0.1, -0.05) is 21.1 Å². The summed E-state index contributed by atoms with van der Waals surface area (Å²) >= 11 is 6.72. The van der Waals surface area contributed by atoms with Crippen LogP contribution >= 0.6 is 31.9 Å². The molecule has 0 atom stereocenters. The number of ether oxygens (including phenoxy) is 1. The van der Waals surface area contributed by atoms with Gasteiger partial charge in [-0.3, -0.25) is 4.79 Å². The number of hydrogen-bond donors (Lipinski definition) is 2. The molecule has 0 radical (unpaired) electrons. The number of carbonyl (C=O) groups excluding carboxylic acids is 1. The summed E-state index contributed by atoms with van der Waals surface area (Å²) in [5, 5.41) is 11.5. The molecule has 8 heteroatoms. The monoisotopic (exact) mass is 421 g/mol. The van der Waals surface area contributed by atoms with Gasteiger partial charge in [0.25, 0.3) is 5.91 Å². The second kappa shape index (κ2) is 9.01. The molecule has 0 aliphatic carbocycles. The zero-order valence-electron chi connectivity index (χ0n) is 11.6. The average molecular weight is 423 g/mol. The van der Waals surface area contributed by atoms with E-state index in [1.807, 2.05) is 6.07 Å². The normalized spacial score (nSPS) is 11.5. The maximum absolute atomic E-state index is 12.6. The molecule has 1 aromatic rings. The molecule has 0 saturated carbocycles. The molecular weight excluding hydrogens is 406 g/mol. The minimum absolute atomic E-state index is 0.0820. The van der Waals surface area contributed by atoms with E-state index in [0.29, 0.717) is 29.7 Å². The van der Waals surface area contributed by atoms with Crippen LogP contribution in [0.4, 0.5) is 0 Å². The van der Waals surface area contributed by atoms with E-state index in [9.17, 15) is 4.79 Å². The van der Waals surface area contributed by atoms with Crippen molar-refractivity contribution in [2.75, 3.05) is 26.8 Å². The number of nitrogens with zero attached hydrogens (tertiary/aromatic N) is 2. The number of carbonyl (C=O) groups is 1. The lowest BCUT2D eigenvalue weighted by atomic mass is 10.2. The lowest BCUT2D eigenvalue weighted by Gasteiger charge is -2.23. The van der Waals surface area contributed by atoms with Crippen molar-refractivity contribution in [3.05, 3.63) is 32.7 Å². The van der Waals surface area contributed by atoms with E-state index in [-0.39, 0.29) is 18.2 Å². The summed E-state index contributed by atoms with van der Waals surface area (Å²) in [5.74, 6) is -0.0653. The van der Waals surface area contributed by atoms with Gasteiger partial charge >= 0.3 is 0 Å². The highest BCUT2D eigenvalue weighted by Crippen LogP contribution is 2.23. The average Bonchev–Trinajstić information content (AvgIpc) is 2.48. The molecule has 116 valence electrons. The Labute approximate surface area is 140 Å². The van der Waals surface area contributed by atoms with E-state index in [1.54, 1.807) is 24.1 Å². The molecule has 0 saturated heterocycles. The van der Waals surface area contributed by atoms with Crippen LogP contribution in [0.1, 0.15) is 16.8 Å². The Bertz CT molecular complexity index is 523. The number of amides is 1. The Morgan fingerprint density at radius 3 is 2.76 bits per heavy atom. The van der Waals surface area contributed by atoms with Gasteiger partial charge in [0.1, 0.15) is 5.84 Å². The first kappa shape index (κ1) is 17.9. The third-order valence-electron chi connectivity index (χ3n) is 2.78. The molecule has 21 heavy (non-hydrogen) atoms. The van der Waals surface area contributed by atoms with Crippen molar-refractivity contribution in [1.29, 1.82) is 0 Å². The van der Waals surface area contributed by atoms with Crippen molar-refractivity contribution in [2.45, 2.75) is 6.42 Å². The largest absolute Gasteiger partial charge is 0.409 e. The molecule has 1 rings (SSSR count). The molecule has 0 spiro atoms. The summed E-state index contributed by atoms with van der Waals surface area (Å²) in [4.78, 5) is 14.2. The molecule has 1 amide bonds. The number of benzene rings is 1. The second-order valence-corrected chi connectivity index (χ2v) is 6.02. The summed E-state index contributed by atoms with van der Waals surface area (Å²) in [6, 6.07) is 5.39. The Morgan fingerprint density at radius 2 is 2.14 bits per heavy atom. The van der Waals surface area contributed by atoms with Crippen molar-refractivity contribution in [2.24, 2.45) is 10.9 Å². The Hall–Kier alpha value is -1.12. The smallest absolute Gasteiger partial charge is 0.255 e. The zero-order valence-corrected chi connectivity index (χ0v) is 14.7. The van der Waals surface area contributed by atoms with E-state index >= 15 is 0 Å². The number of amidine groups is 1. The Balaban J connectivity index is 2.90. The Kier molecular flexibility index (Phi) is 7.69. The molecule has 3 N–H and O–H groups in total. The SMILES string of the molecule is COCCN(CC/C(N)=N/O)C(=O)c1cc(Br)ccc1Br. The predicted molar refractivity (Wildman–Crippen MR) is 87.6 cm³/mol. The molecule has 0 aliphatic rings. The topological polar surface area (TPSA) is 88.2 Å². The van der Waals surface area contributed by atoms with E-state index in [0.717, 1.165) is 4.47 Å². The van der Waals surface area contributed by atoms with Crippen LogP contribution in [-0.4, -0.2) is 48.7 Å². The standard InChI is InChI=1S/C13H17Br2N3O3/c1-21-7-6-18(5-4-12(16)17-20)13(19)10-8-9(14)2-3-11(10)15/h2-3,8,20H,4-7H2,1H3,(H2,16,17). The van der Waals surface area contributed by atoms with Gasteiger partial charge in [-0.15, -0.1) is 0 Å². The van der Waals surface area contributed by atoms with Gasteiger partial charge in [0.15, 0.2) is 0 Å². The summed E-state index contributed by atoms with van der Waals surface area (Å²) in [6.45, 7) is 1.18. The van der Waals surface area contributed by atoms with E-state index in [4.69, 9.17) is 15.7 Å². The van der Waals surface area contributed by atoms with Crippen LogP contribution in [0.2, 0.25) is 0 Å². The number of hydrogen-bond acceptors (Lipinski definition) is 4. The molecule has 0 unspecified atom stereocenters. The molecule has 0 aromatic heterocycles. The van der Waals surface area contributed by atoms with E-state index < -0.39 is 0 Å². The number of nitrogens with two attached hydrogens (primary N) is 1. The molecule has 6 nitrogen and oxygen atoms in total. The molecule has 0 bridgehead atoms. The molecular formula is C13H17Br2N3O3.